The zero-order valence-electron chi connectivity index (χ0n) is 22.2. The number of aromatic nitrogens is 1. The lowest BCUT2D eigenvalue weighted by Gasteiger charge is -2.34. The summed E-state index contributed by atoms with van der Waals surface area (Å²) < 4.78 is 5.51. The van der Waals surface area contributed by atoms with Crippen molar-refractivity contribution in [2.24, 2.45) is 0 Å². The first kappa shape index (κ1) is 27.9. The van der Waals surface area contributed by atoms with Gasteiger partial charge in [0.2, 0.25) is 0 Å². The molecule has 37 heavy (non-hydrogen) atoms. The van der Waals surface area contributed by atoms with Gasteiger partial charge in [-0.1, -0.05) is 31.5 Å². The summed E-state index contributed by atoms with van der Waals surface area (Å²) in [7, 11) is 0. The molecule has 0 radical (unpaired) electrons. The Morgan fingerprint density at radius 2 is 1.86 bits per heavy atom. The Morgan fingerprint density at radius 1 is 1.16 bits per heavy atom. The van der Waals surface area contributed by atoms with Gasteiger partial charge in [-0.25, -0.2) is 22.3 Å². The molecule has 2 amide bonds. The Bertz CT molecular complexity index is 1100. The summed E-state index contributed by atoms with van der Waals surface area (Å²) >= 11 is 5.82. The number of hydrogen-bond donors (Lipinski definition) is 4. The van der Waals surface area contributed by atoms with Crippen molar-refractivity contribution in [3.05, 3.63) is 17.1 Å². The van der Waals surface area contributed by atoms with E-state index in [2.05, 4.69) is 28.1 Å². The number of nitrogens with zero attached hydrogens (tertiary/aromatic N) is 2. The van der Waals surface area contributed by atoms with Crippen LogP contribution in [0.1, 0.15) is 81.8 Å². The van der Waals surface area contributed by atoms with E-state index in [1.807, 2.05) is 26.8 Å². The quantitative estimate of drug-likeness (QED) is 0.303. The first-order valence-corrected chi connectivity index (χ1v) is 14.9. The van der Waals surface area contributed by atoms with Crippen LogP contribution in [0.2, 0.25) is 5.82 Å². The van der Waals surface area contributed by atoms with E-state index in [9.17, 15) is 9.59 Å². The monoisotopic (exact) mass is 545 g/mol. The van der Waals surface area contributed by atoms with Gasteiger partial charge < -0.3 is 26.0 Å². The zero-order chi connectivity index (χ0) is 26.6. The number of pyridine rings is 1. The highest BCUT2D eigenvalue weighted by atomic mass is 32.1. The Labute approximate surface area is 230 Å². The smallest absolute Gasteiger partial charge is 0.410 e. The van der Waals surface area contributed by atoms with E-state index in [4.69, 9.17) is 10.5 Å². The molecular formula is C26H40BN5O3S2. The van der Waals surface area contributed by atoms with Crippen molar-refractivity contribution in [3.8, 4) is 0 Å². The van der Waals surface area contributed by atoms with Crippen molar-refractivity contribution < 1.29 is 14.3 Å². The average Bonchev–Trinajstić information content (AvgIpc) is 3.17. The summed E-state index contributed by atoms with van der Waals surface area (Å²) in [5, 5.41) is 7.64. The highest BCUT2D eigenvalue weighted by molar-refractivity contribution is 8.07. The molecule has 202 valence electrons. The van der Waals surface area contributed by atoms with Gasteiger partial charge in [0.05, 0.1) is 11.1 Å². The van der Waals surface area contributed by atoms with Crippen LogP contribution in [-0.2, 0) is 4.74 Å². The minimum absolute atomic E-state index is 0.153. The molecule has 1 saturated carbocycles. The zero-order valence-corrected chi connectivity index (χ0v) is 23.9. The first-order chi connectivity index (χ1) is 17.6. The van der Waals surface area contributed by atoms with Gasteiger partial charge in [-0.15, -0.1) is 11.3 Å². The lowest BCUT2D eigenvalue weighted by atomic mass is 9.75. The number of nitrogen functional groups attached to an aromatic ring is 1. The number of carbonyl (C=O) groups excluding carboxylic acids is 2. The van der Waals surface area contributed by atoms with Crippen LogP contribution in [0.4, 0.5) is 16.2 Å². The number of likely N-dealkylation sites (tertiary alicyclic amines) is 1. The number of hydrogen-bond acceptors (Lipinski definition) is 8. The number of rotatable bonds is 5. The number of fused-ring (bicyclic) bond motifs is 1. The maximum Gasteiger partial charge on any atom is 0.410 e. The number of thiophene rings is 1. The number of amides is 2. The lowest BCUT2D eigenvalue weighted by Crippen LogP contribution is -2.50. The summed E-state index contributed by atoms with van der Waals surface area (Å²) in [6.45, 7) is 7.58. The molecule has 8 nitrogen and oxygen atoms in total. The van der Waals surface area contributed by atoms with Gasteiger partial charge in [0.25, 0.3) is 5.91 Å². The molecule has 0 aromatic carbocycles. The number of piperidine rings is 1. The molecule has 4 rings (SSSR count). The van der Waals surface area contributed by atoms with Crippen LogP contribution in [-0.4, -0.2) is 59.2 Å². The summed E-state index contributed by atoms with van der Waals surface area (Å²) in [6.07, 6.45) is 10.1. The largest absolute Gasteiger partial charge is 0.444 e. The maximum absolute atomic E-state index is 13.3. The number of nitrogens with two attached hydrogens (primary N) is 1. The van der Waals surface area contributed by atoms with E-state index in [0.717, 1.165) is 54.0 Å². The molecule has 2 aliphatic rings. The SMILES string of the molecule is CC(C)(C)OC(=O)N1CCCC(NC(=O)c2sc3nccc(NC4CCCC(BS)CCC4)c3c2N)C1. The van der Waals surface area contributed by atoms with Gasteiger partial charge in [-0.05, 0) is 52.5 Å². The third-order valence-corrected chi connectivity index (χ3v) is 8.82. The molecule has 2 aromatic heterocycles. The van der Waals surface area contributed by atoms with E-state index in [1.54, 1.807) is 11.1 Å². The van der Waals surface area contributed by atoms with Crippen molar-refractivity contribution in [1.82, 2.24) is 15.2 Å². The molecule has 4 N–H and O–H groups in total. The molecule has 1 atom stereocenters. The van der Waals surface area contributed by atoms with Gasteiger partial charge in [0, 0.05) is 37.1 Å². The van der Waals surface area contributed by atoms with Crippen LogP contribution in [0, 0.1) is 0 Å². The topological polar surface area (TPSA) is 110 Å². The fourth-order valence-corrected chi connectivity index (χ4v) is 6.67. The molecule has 1 aliphatic heterocycles. The van der Waals surface area contributed by atoms with Gasteiger partial charge in [-0.2, -0.15) is 0 Å². The van der Waals surface area contributed by atoms with Gasteiger partial charge in [0.15, 0.2) is 6.56 Å². The Hall–Kier alpha value is -2.14. The van der Waals surface area contributed by atoms with Crippen molar-refractivity contribution >= 4 is 64.0 Å². The molecule has 0 spiro atoms. The third-order valence-electron chi connectivity index (χ3n) is 7.19. The molecule has 2 fully saturated rings. The Balaban J connectivity index is 1.44. The van der Waals surface area contributed by atoms with Gasteiger partial charge >= 0.3 is 6.09 Å². The molecular weight excluding hydrogens is 505 g/mol. The predicted molar refractivity (Wildman–Crippen MR) is 157 cm³/mol. The van der Waals surface area contributed by atoms with Crippen molar-refractivity contribution in [3.63, 3.8) is 0 Å². The first-order valence-electron chi connectivity index (χ1n) is 13.5. The van der Waals surface area contributed by atoms with Crippen molar-refractivity contribution in [2.45, 2.75) is 95.6 Å². The molecule has 3 heterocycles. The molecule has 2 aromatic rings. The minimum atomic E-state index is -0.553. The van der Waals surface area contributed by atoms with Crippen LogP contribution in [0.25, 0.3) is 10.2 Å². The molecule has 1 unspecified atom stereocenters. The second kappa shape index (κ2) is 12.2. The van der Waals surface area contributed by atoms with Crippen LogP contribution in [0.15, 0.2) is 12.3 Å². The van der Waals surface area contributed by atoms with E-state index in [0.29, 0.717) is 29.7 Å². The van der Waals surface area contributed by atoms with E-state index < -0.39 is 5.60 Å². The fourth-order valence-electron chi connectivity index (χ4n) is 5.31. The standard InChI is InChI=1S/C26H40BN5O3S2/c1-26(2,3)35-25(34)32-14-6-11-18(15-32)31-23(33)22-21(28)20-19(12-13-29-24(20)37-22)30-17-9-4-7-16(27-36)8-5-10-17/h12-13,16-18,27,36H,4-11,14-15,28H2,1-3H3,(H,29,30)(H,31,33). The van der Waals surface area contributed by atoms with Crippen molar-refractivity contribution in [1.29, 1.82) is 0 Å². The summed E-state index contributed by atoms with van der Waals surface area (Å²) in [5.41, 5.74) is 7.42. The van der Waals surface area contributed by atoms with E-state index >= 15 is 0 Å². The maximum atomic E-state index is 13.3. The normalized spacial score (nSPS) is 23.1. The number of carbonyl (C=O) groups is 2. The third kappa shape index (κ3) is 7.25. The molecule has 0 bridgehead atoms. The highest BCUT2D eigenvalue weighted by Crippen LogP contribution is 2.38. The fraction of sp³-hybridized carbons (Fsp3) is 0.654. The van der Waals surface area contributed by atoms with Crippen LogP contribution >= 0.6 is 23.8 Å². The molecule has 1 saturated heterocycles. The highest BCUT2D eigenvalue weighted by Gasteiger charge is 2.30. The second-order valence-corrected chi connectivity index (χ2v) is 12.7. The summed E-state index contributed by atoms with van der Waals surface area (Å²) in [6, 6.07) is 2.19. The summed E-state index contributed by atoms with van der Waals surface area (Å²) in [4.78, 5) is 33.2. The number of ether oxygens (including phenoxy) is 1. The molecule has 1 aliphatic carbocycles. The van der Waals surface area contributed by atoms with Gasteiger partial charge in [0.1, 0.15) is 15.3 Å². The number of thiol groups is 1. The number of anilines is 2. The average molecular weight is 546 g/mol. The minimum Gasteiger partial charge on any atom is -0.444 e. The van der Waals surface area contributed by atoms with E-state index in [-0.39, 0.29) is 18.0 Å². The van der Waals surface area contributed by atoms with E-state index in [1.165, 1.54) is 37.0 Å². The molecule has 11 heteroatoms. The van der Waals surface area contributed by atoms with Crippen LogP contribution in [0.5, 0.6) is 0 Å². The predicted octanol–water partition coefficient (Wildman–Crippen LogP) is 5.21. The van der Waals surface area contributed by atoms with Gasteiger partial charge in [-0.3, -0.25) is 4.79 Å². The van der Waals surface area contributed by atoms with Crippen LogP contribution in [0.3, 0.4) is 0 Å². The van der Waals surface area contributed by atoms with Crippen LogP contribution < -0.4 is 16.4 Å². The Morgan fingerprint density at radius 3 is 2.54 bits per heavy atom. The second-order valence-electron chi connectivity index (χ2n) is 11.4. The Kier molecular flexibility index (Phi) is 9.16. The van der Waals surface area contributed by atoms with Crippen molar-refractivity contribution in [2.75, 3.05) is 24.1 Å². The summed E-state index contributed by atoms with van der Waals surface area (Å²) in [5.74, 6) is 0.511. The number of nitrogens with one attached hydrogen (secondary N) is 2. The lowest BCUT2D eigenvalue weighted by molar-refractivity contribution is 0.0186.